The second kappa shape index (κ2) is 39.9. The van der Waals surface area contributed by atoms with Crippen molar-refractivity contribution in [2.75, 3.05) is 66.1 Å². The van der Waals surface area contributed by atoms with Crippen molar-refractivity contribution < 1.29 is 197 Å². The zero-order chi connectivity index (χ0) is 71.1. The molecule has 28 heteroatoms. The zero-order valence-corrected chi connectivity index (χ0v) is 66.2. The van der Waals surface area contributed by atoms with E-state index in [1.54, 1.807) is 38.4 Å². The summed E-state index contributed by atoms with van der Waals surface area (Å²) < 4.78 is 47.9. The Labute approximate surface area is 674 Å². The van der Waals surface area contributed by atoms with Gasteiger partial charge in [-0.3, -0.25) is 19.2 Å². The summed E-state index contributed by atoms with van der Waals surface area (Å²) in [6.45, 7) is 21.5. The third-order valence-electron chi connectivity index (χ3n) is 17.6. The first-order valence-corrected chi connectivity index (χ1v) is 33.8. The molecule has 25 nitrogen and oxygen atoms in total. The molecular formula is C72H88BrK2N3O22. The van der Waals surface area contributed by atoms with E-state index >= 15 is 0 Å². The maximum atomic E-state index is 12.7. The zero-order valence-electron chi connectivity index (χ0n) is 59.3. The molecule has 5 N–H and O–H groups in total. The van der Waals surface area contributed by atoms with Crippen LogP contribution in [0.2, 0.25) is 0 Å². The Kier molecular flexibility index (Phi) is 33.6. The number of phenols is 1. The Balaban J connectivity index is 0.000000245. The van der Waals surface area contributed by atoms with Gasteiger partial charge in [0.15, 0.2) is 16.3 Å². The molecule has 532 valence electrons. The average molecular weight is 1510 g/mol. The van der Waals surface area contributed by atoms with Crippen LogP contribution in [0.25, 0.3) is 33.8 Å². The Morgan fingerprint density at radius 2 is 0.890 bits per heavy atom. The number of carbonyl (C=O) groups is 4. The van der Waals surface area contributed by atoms with Gasteiger partial charge in [-0.15, -0.1) is 0 Å². The topological polar surface area (TPSA) is 342 Å². The van der Waals surface area contributed by atoms with E-state index in [0.717, 1.165) is 71.9 Å². The van der Waals surface area contributed by atoms with E-state index < -0.39 is 28.8 Å². The number of aliphatic hydroxyl groups is 3. The molecule has 10 heterocycles. The van der Waals surface area contributed by atoms with Crippen molar-refractivity contribution in [1.82, 2.24) is 13.7 Å². The van der Waals surface area contributed by atoms with Crippen LogP contribution in [0.4, 0.5) is 0 Å². The largest absolute Gasteiger partial charge is 1.00 e. The molecule has 3 unspecified atom stereocenters. The second-order valence-corrected chi connectivity index (χ2v) is 26.7. The number of aromatic nitrogens is 3. The van der Waals surface area contributed by atoms with E-state index in [0.29, 0.717) is 83.7 Å². The van der Waals surface area contributed by atoms with Gasteiger partial charge in [-0.2, -0.15) is 0 Å². The van der Waals surface area contributed by atoms with E-state index in [2.05, 4.69) is 62.4 Å². The molecule has 0 aliphatic carbocycles. The molecular weight excluding hydrogens is 1420 g/mol. The maximum absolute atomic E-state index is 12.7. The quantitative estimate of drug-likeness (QED) is 0.0230. The molecule has 7 aliphatic heterocycles. The average Bonchev–Trinajstić information content (AvgIpc) is 1.12. The van der Waals surface area contributed by atoms with Gasteiger partial charge in [0.2, 0.25) is 0 Å². The Hall–Kier alpha value is -4.78. The monoisotopic (exact) mass is 1500 g/mol. The molecule has 4 saturated heterocycles. The summed E-state index contributed by atoms with van der Waals surface area (Å²) in [5.74, 6) is -0.352. The fourth-order valence-corrected chi connectivity index (χ4v) is 12.5. The fourth-order valence-electron chi connectivity index (χ4n) is 12.1. The summed E-state index contributed by atoms with van der Waals surface area (Å²) in [5.41, 5.74) is 7.82. The standard InChI is InChI=1S/C23H27NO6.C21H23NO6.C20H23NO5.C4H8O.C3H5BrO.CH2O3.2K.H/c1-4-29-23(27)18-9-24-19(13(2)3)6-14-7-22(30-16-11-28-12-16)15(10-25)5-17(14)20(24)8-21(18)26;1-11(2)17-4-12-5-20(28-14-9-27-10-14)13(8-23)3-15(12)18-6-19(24)16(21(25)26)7-22(17)18;1-4-26-20(25)15-9-21-16(11(2)3)6-12-7-18(23)13(10-22)5-14(12)17(21)8-19(15)24;1-2-4-5-3-1;4-3-1-5-2-3;2-1-4-3;;;/h5,7-9,13,16,19,25H,4,6,10-12H2,1-3H3;3,5-7,11,14,17,23H,4,8-10H2,1-2H3,(H,25,26);5,7-9,11,16,22-23H,4,6,10H2,1-3H3;1-4H2;3H,1-2H2;1,3H;;;/q;;;;;;2*+1;-1/p-1. The Bertz CT molecular complexity index is 3990. The normalized spacial score (nSPS) is 17.2. The van der Waals surface area contributed by atoms with Crippen LogP contribution < -0.4 is 134 Å². The Morgan fingerprint density at radius 1 is 0.560 bits per heavy atom. The molecule has 3 atom stereocenters. The molecule has 0 saturated carbocycles. The number of aromatic hydroxyl groups is 1. The molecule has 3 aromatic carbocycles. The minimum Gasteiger partial charge on any atom is -1.00 e. The molecule has 6 aromatic rings. The number of hydrogen-bond donors (Lipinski definition) is 5. The first-order chi connectivity index (χ1) is 47.0. The summed E-state index contributed by atoms with van der Waals surface area (Å²) in [7, 11) is 0. The van der Waals surface area contributed by atoms with E-state index in [4.69, 9.17) is 47.9 Å². The van der Waals surface area contributed by atoms with Crippen molar-refractivity contribution in [3.63, 3.8) is 0 Å². The molecule has 4 fully saturated rings. The number of carbonyl (C=O) groups excluding carboxylic acids is 3. The number of aliphatic hydroxyl groups excluding tert-OH is 3. The minimum absolute atomic E-state index is 0. The fraction of sp³-hybridized carbons (Fsp3) is 0.486. The molecule has 0 radical (unpaired) electrons. The summed E-state index contributed by atoms with van der Waals surface area (Å²) in [6, 6.07) is 15.4. The van der Waals surface area contributed by atoms with Gasteiger partial charge in [0.05, 0.1) is 94.6 Å². The van der Waals surface area contributed by atoms with Crippen molar-refractivity contribution in [2.45, 2.75) is 142 Å². The third kappa shape index (κ3) is 20.8. The van der Waals surface area contributed by atoms with Gasteiger partial charge in [0, 0.05) is 102 Å². The van der Waals surface area contributed by atoms with Crippen molar-refractivity contribution in [1.29, 1.82) is 0 Å². The maximum Gasteiger partial charge on any atom is 1.00 e. The number of carboxylic acid groups (broad SMARTS) is 1. The van der Waals surface area contributed by atoms with Crippen LogP contribution in [0.15, 0.2) is 87.6 Å². The molecule has 13 rings (SSSR count). The van der Waals surface area contributed by atoms with Crippen LogP contribution in [0.1, 0.15) is 152 Å². The molecule has 0 bridgehead atoms. The minimum atomic E-state index is -1.23. The van der Waals surface area contributed by atoms with Crippen LogP contribution in [0.3, 0.4) is 0 Å². The van der Waals surface area contributed by atoms with Gasteiger partial charge in [-0.05, 0) is 117 Å². The number of carboxylic acids is 1. The molecule has 3 aromatic heterocycles. The number of esters is 2. The predicted molar refractivity (Wildman–Crippen MR) is 362 cm³/mol. The number of rotatable bonds is 16. The number of aromatic carboxylic acids is 1. The van der Waals surface area contributed by atoms with E-state index in [1.165, 1.54) is 37.2 Å². The number of pyridine rings is 3. The van der Waals surface area contributed by atoms with Gasteiger partial charge in [-0.25, -0.2) is 14.4 Å². The van der Waals surface area contributed by atoms with Crippen LogP contribution >= 0.6 is 15.9 Å². The number of alkyl halides is 1. The predicted octanol–water partition coefficient (Wildman–Crippen LogP) is 1.73. The van der Waals surface area contributed by atoms with Crippen molar-refractivity contribution in [3.8, 4) is 51.0 Å². The van der Waals surface area contributed by atoms with Crippen LogP contribution in [-0.2, 0) is 77.2 Å². The van der Waals surface area contributed by atoms with E-state index in [1.807, 2.05) is 38.0 Å². The second-order valence-electron chi connectivity index (χ2n) is 25.4. The summed E-state index contributed by atoms with van der Waals surface area (Å²) in [4.78, 5) is 85.3. The SMILES string of the molecule is BrC1COC1.C1CCOC1.CC(C)C1Cc2cc(OC3COC3)c(CO)cc2-c2cc(=O)c(C(=O)O)cn21.CCOC(=O)c1cn2c(cc1=O)-c1cc(CO)c(O)cc1CC2C(C)C.CCOC(=O)c1cn2c(cc1=O)-c1cc(CO)c(OC3COC3)cc1CC2C(C)C.O=CO[O-].[H-].[K+].[K+]. The number of ether oxygens (including phenoxy) is 8. The molecule has 0 amide bonds. The summed E-state index contributed by atoms with van der Waals surface area (Å²) >= 11 is 3.34. The molecule has 100 heavy (non-hydrogen) atoms. The number of fused-ring (bicyclic) bond motifs is 9. The van der Waals surface area contributed by atoms with Gasteiger partial charge >= 0.3 is 121 Å². The number of benzene rings is 3. The first kappa shape index (κ1) is 84.2. The van der Waals surface area contributed by atoms with E-state index in [-0.39, 0.29) is 220 Å². The van der Waals surface area contributed by atoms with Crippen molar-refractivity contribution in [3.05, 3.63) is 154 Å². The van der Waals surface area contributed by atoms with Crippen LogP contribution in [-0.4, -0.2) is 147 Å². The number of hydrogen-bond acceptors (Lipinski definition) is 21. The van der Waals surface area contributed by atoms with Crippen molar-refractivity contribution >= 4 is 40.3 Å². The smallest absolute Gasteiger partial charge is 1.00 e. The summed E-state index contributed by atoms with van der Waals surface area (Å²) in [6.07, 6.45) is 9.26. The Morgan fingerprint density at radius 3 is 1.16 bits per heavy atom. The molecule has 7 aliphatic rings. The third-order valence-corrected chi connectivity index (χ3v) is 18.1. The van der Waals surface area contributed by atoms with Crippen LogP contribution in [0, 0.1) is 17.8 Å². The van der Waals surface area contributed by atoms with Gasteiger partial charge in [-0.1, -0.05) is 57.5 Å². The van der Waals surface area contributed by atoms with Crippen molar-refractivity contribution in [2.24, 2.45) is 17.8 Å². The number of halogens is 1. The van der Waals surface area contributed by atoms with Crippen LogP contribution in [0.5, 0.6) is 17.2 Å². The number of nitrogens with zero attached hydrogens (tertiary/aromatic N) is 3. The summed E-state index contributed by atoms with van der Waals surface area (Å²) in [5, 5.41) is 57.0. The first-order valence-electron chi connectivity index (χ1n) is 32.9. The van der Waals surface area contributed by atoms with Gasteiger partial charge in [0.25, 0.3) is 6.47 Å². The van der Waals surface area contributed by atoms with Gasteiger partial charge in [0.1, 0.15) is 46.1 Å². The molecule has 0 spiro atoms. The van der Waals surface area contributed by atoms with Gasteiger partial charge < -0.3 is 88.7 Å². The van der Waals surface area contributed by atoms with E-state index in [9.17, 15) is 54.3 Å².